The Bertz CT molecular complexity index is 2350. The van der Waals surface area contributed by atoms with Crippen LogP contribution in [0.5, 0.6) is 0 Å². The summed E-state index contributed by atoms with van der Waals surface area (Å²) in [5.41, 5.74) is 5.20. The van der Waals surface area contributed by atoms with Crippen molar-refractivity contribution in [3.05, 3.63) is 145 Å². The van der Waals surface area contributed by atoms with Crippen LogP contribution in [0.3, 0.4) is 0 Å². The van der Waals surface area contributed by atoms with Crippen molar-refractivity contribution in [2.75, 3.05) is 29.5 Å². The molecular formula is C45H47Cl4LiN4O6S2. The second-order valence-corrected chi connectivity index (χ2v) is 16.7. The maximum absolute atomic E-state index is 12.0. The van der Waals surface area contributed by atoms with E-state index in [4.69, 9.17) is 66.2 Å². The number of anilines is 2. The van der Waals surface area contributed by atoms with Crippen LogP contribution in [0, 0.1) is 0 Å². The molecule has 0 amide bonds. The summed E-state index contributed by atoms with van der Waals surface area (Å²) in [6, 6.07) is 30.5. The first-order chi connectivity index (χ1) is 28.4. The van der Waals surface area contributed by atoms with Gasteiger partial charge in [-0.05, 0) is 55.3 Å². The predicted octanol–water partition coefficient (Wildman–Crippen LogP) is 9.83. The number of rotatable bonds is 17. The zero-order chi connectivity index (χ0) is 42.5. The van der Waals surface area contributed by atoms with E-state index in [1.807, 2.05) is 82.6 Å². The molecular weight excluding hydrogens is 905 g/mol. The monoisotopic (exact) mass is 950 g/mol. The zero-order valence-corrected chi connectivity index (χ0v) is 38.4. The molecule has 10 nitrogen and oxygen atoms in total. The molecule has 324 valence electrons. The molecule has 0 spiro atoms. The van der Waals surface area contributed by atoms with Gasteiger partial charge in [-0.2, -0.15) is 0 Å². The molecule has 2 aromatic heterocycles. The molecule has 1 unspecified atom stereocenters. The van der Waals surface area contributed by atoms with Crippen LogP contribution in [0.15, 0.2) is 104 Å². The quantitative estimate of drug-likeness (QED) is 0.0670. The summed E-state index contributed by atoms with van der Waals surface area (Å²) < 4.78 is 5.09. The zero-order valence-electron chi connectivity index (χ0n) is 33.7. The fraction of sp³-hybridized carbons (Fsp3) is 0.244. The van der Waals surface area contributed by atoms with E-state index in [1.54, 1.807) is 44.2 Å². The van der Waals surface area contributed by atoms with Crippen molar-refractivity contribution < 1.29 is 48.9 Å². The Hall–Kier alpha value is -3.90. The third-order valence-corrected chi connectivity index (χ3v) is 12.6. The number of aromatic nitrogens is 2. The van der Waals surface area contributed by atoms with Gasteiger partial charge in [-0.15, -0.1) is 0 Å². The molecule has 0 radical (unpaired) electrons. The second kappa shape index (κ2) is 26.7. The van der Waals surface area contributed by atoms with Gasteiger partial charge < -0.3 is 30.2 Å². The van der Waals surface area contributed by atoms with Crippen molar-refractivity contribution in [2.24, 2.45) is 0 Å². The minimum absolute atomic E-state index is 0. The summed E-state index contributed by atoms with van der Waals surface area (Å²) in [5, 5.41) is 22.8. The first-order valence-electron chi connectivity index (χ1n) is 18.5. The molecule has 0 saturated carbocycles. The number of halogens is 4. The van der Waals surface area contributed by atoms with Gasteiger partial charge in [0.1, 0.15) is 0 Å². The average molecular weight is 953 g/mol. The topological polar surface area (TPSA) is 146 Å². The number of esters is 1. The van der Waals surface area contributed by atoms with E-state index in [1.165, 1.54) is 22.7 Å². The molecule has 2 heterocycles. The van der Waals surface area contributed by atoms with Gasteiger partial charge in [0.05, 0.1) is 66.8 Å². The van der Waals surface area contributed by atoms with Gasteiger partial charge in [-0.3, -0.25) is 9.59 Å². The normalized spacial score (nSPS) is 10.8. The van der Waals surface area contributed by atoms with E-state index in [9.17, 15) is 14.7 Å². The minimum atomic E-state index is -0.844. The summed E-state index contributed by atoms with van der Waals surface area (Å²) >= 11 is 27.3. The van der Waals surface area contributed by atoms with Crippen LogP contribution in [-0.2, 0) is 27.4 Å². The van der Waals surface area contributed by atoms with Gasteiger partial charge in [0.25, 0.3) is 0 Å². The van der Waals surface area contributed by atoms with Crippen LogP contribution in [0.1, 0.15) is 61.1 Å². The SMILES string of the molecule is C.C=Cc1sc(N(CCC(=O)O)Cc2ccccc2)nc1-c1ccc(Cl)c(Cl)c1.CCOC(=O)CCN(Cc1ccccc1)c1nc(-c2ccc(Cl)c(Cl)c2)c(C(C)O)s1.[Li+].[OH-]. The van der Waals surface area contributed by atoms with Gasteiger partial charge in [-0.25, -0.2) is 9.97 Å². The van der Waals surface area contributed by atoms with Crippen molar-refractivity contribution in [3.8, 4) is 22.5 Å². The predicted molar refractivity (Wildman–Crippen MR) is 253 cm³/mol. The molecule has 62 heavy (non-hydrogen) atoms. The van der Waals surface area contributed by atoms with Crippen molar-refractivity contribution in [3.63, 3.8) is 0 Å². The van der Waals surface area contributed by atoms with Crippen molar-refractivity contribution in [2.45, 2.75) is 53.3 Å². The van der Waals surface area contributed by atoms with E-state index < -0.39 is 12.1 Å². The third kappa shape index (κ3) is 15.4. The van der Waals surface area contributed by atoms with E-state index in [0.717, 1.165) is 42.8 Å². The number of carbonyl (C=O) groups excluding carboxylic acids is 1. The van der Waals surface area contributed by atoms with Crippen molar-refractivity contribution in [1.29, 1.82) is 0 Å². The Morgan fingerprint density at radius 2 is 1.23 bits per heavy atom. The van der Waals surface area contributed by atoms with Gasteiger partial charge in [0.2, 0.25) is 0 Å². The number of hydrogen-bond donors (Lipinski definition) is 2. The molecule has 17 heteroatoms. The minimum Gasteiger partial charge on any atom is -0.870 e. The van der Waals surface area contributed by atoms with Crippen LogP contribution >= 0.6 is 69.1 Å². The molecule has 0 bridgehead atoms. The first kappa shape index (κ1) is 54.2. The summed E-state index contributed by atoms with van der Waals surface area (Å²) in [7, 11) is 0. The molecule has 0 aliphatic heterocycles. The van der Waals surface area contributed by atoms with Gasteiger partial charge in [0, 0.05) is 37.3 Å². The standard InChI is InChI=1S/C23H24Cl2N2O3S.C21H18Cl2N2O2S.CH4.Li.H2O/c1-3-30-20(29)11-12-27(14-16-7-5-4-6-8-16)23-26-21(22(31-23)15(2)28)17-9-10-18(24)19(25)13-17;1-2-18-20(15-8-9-16(22)17(23)12-15)24-21(28-18)25(11-10-19(26)27)13-14-6-4-3-5-7-14;;;/h4-10,13,15,28H,3,11-12,14H2,1-2H3;2-9,12H,1,10-11,13H2,(H,26,27);1H4;;1H2/q;;;+1;/p-1. The molecule has 3 N–H and O–H groups in total. The second-order valence-electron chi connectivity index (χ2n) is 13.1. The number of carboxylic acids is 1. The molecule has 0 saturated heterocycles. The van der Waals surface area contributed by atoms with Crippen LogP contribution in [0.25, 0.3) is 28.6 Å². The maximum atomic E-state index is 12.0. The Morgan fingerprint density at radius 1 is 0.758 bits per heavy atom. The van der Waals surface area contributed by atoms with Crippen LogP contribution in [0.2, 0.25) is 20.1 Å². The van der Waals surface area contributed by atoms with Gasteiger partial charge in [0.15, 0.2) is 10.3 Å². The summed E-state index contributed by atoms with van der Waals surface area (Å²) in [6.45, 7) is 9.68. The summed E-state index contributed by atoms with van der Waals surface area (Å²) in [4.78, 5) is 38.3. The fourth-order valence-electron chi connectivity index (χ4n) is 5.82. The Balaban J connectivity index is 0.000000409. The average Bonchev–Trinajstić information content (AvgIpc) is 3.87. The number of benzene rings is 4. The maximum Gasteiger partial charge on any atom is 1.00 e. The van der Waals surface area contributed by atoms with Crippen LogP contribution in [-0.4, -0.2) is 57.3 Å². The molecule has 6 aromatic rings. The number of carboxylic acid groups (broad SMARTS) is 1. The largest absolute Gasteiger partial charge is 1.00 e. The molecule has 4 aromatic carbocycles. The third-order valence-electron chi connectivity index (χ3n) is 8.70. The van der Waals surface area contributed by atoms with Gasteiger partial charge >= 0.3 is 30.8 Å². The van der Waals surface area contributed by atoms with Crippen molar-refractivity contribution in [1.82, 2.24) is 9.97 Å². The van der Waals surface area contributed by atoms with Crippen LogP contribution < -0.4 is 28.7 Å². The smallest absolute Gasteiger partial charge is 0.870 e. The molecule has 6 rings (SSSR count). The van der Waals surface area contributed by atoms with E-state index in [0.29, 0.717) is 63.7 Å². The number of aliphatic hydroxyl groups is 1. The summed E-state index contributed by atoms with van der Waals surface area (Å²) in [6.07, 6.45) is 1.31. The first-order valence-corrected chi connectivity index (χ1v) is 21.7. The fourth-order valence-corrected chi connectivity index (χ4v) is 8.42. The number of hydrogen-bond acceptors (Lipinski definition) is 11. The molecule has 0 aliphatic carbocycles. The number of aliphatic carboxylic acids is 1. The van der Waals surface area contributed by atoms with E-state index in [-0.39, 0.29) is 50.6 Å². The van der Waals surface area contributed by atoms with Gasteiger partial charge in [-0.1, -0.05) is 156 Å². The van der Waals surface area contributed by atoms with Crippen LogP contribution in [0.4, 0.5) is 10.3 Å². The molecule has 0 aliphatic rings. The number of aliphatic hydroxyl groups excluding tert-OH is 1. The summed E-state index contributed by atoms with van der Waals surface area (Å²) in [5.74, 6) is -1.10. The van der Waals surface area contributed by atoms with E-state index in [2.05, 4.69) is 6.58 Å². The van der Waals surface area contributed by atoms with Crippen molar-refractivity contribution >= 4 is 97.4 Å². The number of thiazole rings is 2. The Kier molecular flexibility index (Phi) is 23.3. The Labute approximate surface area is 403 Å². The molecule has 0 fully saturated rings. The molecule has 1 atom stereocenters. The number of nitrogens with zero attached hydrogens (tertiary/aromatic N) is 4. The van der Waals surface area contributed by atoms with E-state index >= 15 is 0 Å². The number of ether oxygens (including phenoxy) is 1. The number of carbonyl (C=O) groups is 2. The Morgan fingerprint density at radius 3 is 1.68 bits per heavy atom.